The van der Waals surface area contributed by atoms with E-state index in [4.69, 9.17) is 11.6 Å². The first kappa shape index (κ1) is 14.9. The van der Waals surface area contributed by atoms with Crippen LogP contribution in [0.5, 0.6) is 0 Å². The standard InChI is InChI=1S/C15H12BrClN2OS/c1-18-14-10-6-11(16)13(7-12(10)19-15(14)20)21-9-4-2-8(17)3-5-9/h2-7,14,18H,1H3,(H,19,20). The molecule has 1 aliphatic rings. The van der Waals surface area contributed by atoms with Crippen LogP contribution in [-0.4, -0.2) is 13.0 Å². The number of likely N-dealkylation sites (N-methyl/N-ethyl adjacent to an activating group) is 1. The number of anilines is 1. The minimum atomic E-state index is -0.286. The largest absolute Gasteiger partial charge is 0.324 e. The molecule has 1 heterocycles. The van der Waals surface area contributed by atoms with Crippen molar-refractivity contribution in [3.05, 3.63) is 51.5 Å². The third-order valence-corrected chi connectivity index (χ3v) is 5.50. The van der Waals surface area contributed by atoms with Gasteiger partial charge in [-0.1, -0.05) is 23.4 Å². The summed E-state index contributed by atoms with van der Waals surface area (Å²) in [6.45, 7) is 0. The number of halogens is 2. The topological polar surface area (TPSA) is 41.1 Å². The van der Waals surface area contributed by atoms with Crippen LogP contribution in [0, 0.1) is 0 Å². The molecule has 1 aliphatic heterocycles. The number of nitrogens with one attached hydrogen (secondary N) is 2. The lowest BCUT2D eigenvalue weighted by Gasteiger charge is -2.10. The summed E-state index contributed by atoms with van der Waals surface area (Å²) in [5, 5.41) is 6.64. The van der Waals surface area contributed by atoms with E-state index in [2.05, 4.69) is 26.6 Å². The maximum absolute atomic E-state index is 11.9. The van der Waals surface area contributed by atoms with E-state index >= 15 is 0 Å². The van der Waals surface area contributed by atoms with E-state index in [1.807, 2.05) is 36.4 Å². The molecule has 108 valence electrons. The molecule has 0 aromatic heterocycles. The quantitative estimate of drug-likeness (QED) is 0.822. The Morgan fingerprint density at radius 2 is 2.00 bits per heavy atom. The minimum Gasteiger partial charge on any atom is -0.324 e. The predicted octanol–water partition coefficient (Wildman–Crippen LogP) is 4.47. The van der Waals surface area contributed by atoms with E-state index in [-0.39, 0.29) is 11.9 Å². The first-order chi connectivity index (χ1) is 10.1. The molecule has 0 saturated carbocycles. The molecule has 0 fully saturated rings. The van der Waals surface area contributed by atoms with Crippen LogP contribution in [-0.2, 0) is 4.79 Å². The van der Waals surface area contributed by atoms with Gasteiger partial charge in [-0.3, -0.25) is 4.79 Å². The van der Waals surface area contributed by atoms with Gasteiger partial charge in [0, 0.05) is 30.5 Å². The van der Waals surface area contributed by atoms with Crippen LogP contribution >= 0.6 is 39.3 Å². The highest BCUT2D eigenvalue weighted by Gasteiger charge is 2.30. The van der Waals surface area contributed by atoms with Crippen molar-refractivity contribution in [1.82, 2.24) is 5.32 Å². The molecule has 0 aliphatic carbocycles. The van der Waals surface area contributed by atoms with Crippen LogP contribution in [0.25, 0.3) is 0 Å². The smallest absolute Gasteiger partial charge is 0.246 e. The van der Waals surface area contributed by atoms with Crippen LogP contribution in [0.1, 0.15) is 11.6 Å². The number of carbonyl (C=O) groups is 1. The Morgan fingerprint density at radius 3 is 2.67 bits per heavy atom. The zero-order valence-electron chi connectivity index (χ0n) is 11.1. The van der Waals surface area contributed by atoms with Crippen molar-refractivity contribution in [2.24, 2.45) is 0 Å². The van der Waals surface area contributed by atoms with Crippen molar-refractivity contribution in [2.75, 3.05) is 12.4 Å². The van der Waals surface area contributed by atoms with Gasteiger partial charge in [-0.2, -0.15) is 0 Å². The molecule has 2 aromatic rings. The third-order valence-electron chi connectivity index (χ3n) is 3.27. The zero-order chi connectivity index (χ0) is 15.0. The third kappa shape index (κ3) is 2.97. The van der Waals surface area contributed by atoms with Crippen molar-refractivity contribution in [1.29, 1.82) is 0 Å². The average molecular weight is 384 g/mol. The van der Waals surface area contributed by atoms with E-state index in [9.17, 15) is 4.79 Å². The Kier molecular flexibility index (Phi) is 4.26. The number of benzene rings is 2. The number of amides is 1. The molecule has 1 unspecified atom stereocenters. The Labute approximate surface area is 140 Å². The molecule has 21 heavy (non-hydrogen) atoms. The van der Waals surface area contributed by atoms with Gasteiger partial charge in [0.15, 0.2) is 0 Å². The molecule has 3 nitrogen and oxygen atoms in total. The molecular formula is C15H12BrClN2OS. The average Bonchev–Trinajstić information content (AvgIpc) is 2.76. The van der Waals surface area contributed by atoms with Crippen molar-refractivity contribution in [2.45, 2.75) is 15.8 Å². The van der Waals surface area contributed by atoms with E-state index in [0.29, 0.717) is 0 Å². The summed E-state index contributed by atoms with van der Waals surface area (Å²) in [7, 11) is 1.78. The summed E-state index contributed by atoms with van der Waals surface area (Å²) in [5.74, 6) is -0.0203. The Hall–Kier alpha value is -1.01. The van der Waals surface area contributed by atoms with E-state index in [1.54, 1.807) is 18.8 Å². The van der Waals surface area contributed by atoms with Gasteiger partial charge < -0.3 is 10.6 Å². The molecule has 0 bridgehead atoms. The zero-order valence-corrected chi connectivity index (χ0v) is 14.3. The van der Waals surface area contributed by atoms with Gasteiger partial charge in [-0.15, -0.1) is 0 Å². The van der Waals surface area contributed by atoms with Gasteiger partial charge in [-0.25, -0.2) is 0 Å². The molecule has 0 spiro atoms. The van der Waals surface area contributed by atoms with E-state index in [1.165, 1.54) is 0 Å². The molecule has 1 atom stereocenters. The molecule has 6 heteroatoms. The Bertz CT molecular complexity index is 706. The van der Waals surface area contributed by atoms with Gasteiger partial charge >= 0.3 is 0 Å². The fraction of sp³-hybridized carbons (Fsp3) is 0.133. The fourth-order valence-electron chi connectivity index (χ4n) is 2.26. The van der Waals surface area contributed by atoms with Gasteiger partial charge in [0.1, 0.15) is 6.04 Å². The second kappa shape index (κ2) is 6.01. The van der Waals surface area contributed by atoms with E-state index in [0.717, 1.165) is 30.5 Å². The van der Waals surface area contributed by atoms with Crippen LogP contribution in [0.3, 0.4) is 0 Å². The maximum Gasteiger partial charge on any atom is 0.246 e. The monoisotopic (exact) mass is 382 g/mol. The van der Waals surface area contributed by atoms with Crippen molar-refractivity contribution >= 4 is 50.9 Å². The number of hydrogen-bond acceptors (Lipinski definition) is 3. The molecular weight excluding hydrogens is 372 g/mol. The molecule has 0 radical (unpaired) electrons. The number of hydrogen-bond donors (Lipinski definition) is 2. The van der Waals surface area contributed by atoms with Crippen LogP contribution in [0.15, 0.2) is 50.7 Å². The second-order valence-electron chi connectivity index (χ2n) is 4.64. The van der Waals surface area contributed by atoms with Gasteiger partial charge in [0.25, 0.3) is 0 Å². The van der Waals surface area contributed by atoms with Crippen molar-refractivity contribution < 1.29 is 4.79 Å². The normalized spacial score (nSPS) is 16.7. The highest BCUT2D eigenvalue weighted by Crippen LogP contribution is 2.41. The van der Waals surface area contributed by atoms with Gasteiger partial charge in [-0.05, 0) is 59.4 Å². The molecule has 3 rings (SSSR count). The summed E-state index contributed by atoms with van der Waals surface area (Å²) in [6, 6.07) is 11.4. The van der Waals surface area contributed by atoms with Crippen molar-refractivity contribution in [3.63, 3.8) is 0 Å². The first-order valence-corrected chi connectivity index (χ1v) is 8.32. The highest BCUT2D eigenvalue weighted by atomic mass is 79.9. The second-order valence-corrected chi connectivity index (χ2v) is 7.04. The Balaban J connectivity index is 1.93. The number of carbonyl (C=O) groups excluding carboxylic acids is 1. The van der Waals surface area contributed by atoms with Gasteiger partial charge in [0.2, 0.25) is 5.91 Å². The van der Waals surface area contributed by atoms with Crippen LogP contribution < -0.4 is 10.6 Å². The van der Waals surface area contributed by atoms with Crippen molar-refractivity contribution in [3.8, 4) is 0 Å². The minimum absolute atomic E-state index is 0.0203. The number of rotatable bonds is 3. The summed E-state index contributed by atoms with van der Waals surface area (Å²) in [4.78, 5) is 14.0. The summed E-state index contributed by atoms with van der Waals surface area (Å²) in [6.07, 6.45) is 0. The summed E-state index contributed by atoms with van der Waals surface area (Å²) in [5.41, 5.74) is 1.83. The first-order valence-electron chi connectivity index (χ1n) is 6.33. The fourth-order valence-corrected chi connectivity index (χ4v) is 3.85. The summed E-state index contributed by atoms with van der Waals surface area (Å²) < 4.78 is 0.970. The predicted molar refractivity (Wildman–Crippen MR) is 90.1 cm³/mol. The van der Waals surface area contributed by atoms with Crippen LogP contribution in [0.4, 0.5) is 5.69 Å². The van der Waals surface area contributed by atoms with E-state index < -0.39 is 0 Å². The lowest BCUT2D eigenvalue weighted by atomic mass is 10.1. The lowest BCUT2D eigenvalue weighted by molar-refractivity contribution is -0.117. The van der Waals surface area contributed by atoms with Gasteiger partial charge in [0.05, 0.1) is 0 Å². The Morgan fingerprint density at radius 1 is 1.29 bits per heavy atom. The summed E-state index contributed by atoms with van der Waals surface area (Å²) >= 11 is 11.1. The SMILES string of the molecule is CNC1C(=O)Nc2cc(Sc3ccc(Cl)cc3)c(Br)cc21. The lowest BCUT2D eigenvalue weighted by Crippen LogP contribution is -2.23. The maximum atomic E-state index is 11.9. The molecule has 0 saturated heterocycles. The molecule has 2 aromatic carbocycles. The number of fused-ring (bicyclic) bond motifs is 1. The molecule has 1 amide bonds. The van der Waals surface area contributed by atoms with Crippen LogP contribution in [0.2, 0.25) is 5.02 Å². The highest BCUT2D eigenvalue weighted by molar-refractivity contribution is 9.10. The molecule has 2 N–H and O–H groups in total.